The van der Waals surface area contributed by atoms with Crippen molar-refractivity contribution < 1.29 is 4.79 Å². The molecule has 0 atom stereocenters. The van der Waals surface area contributed by atoms with Crippen LogP contribution in [0.1, 0.15) is 10.6 Å². The molecule has 6 heteroatoms. The molecule has 3 aromatic carbocycles. The molecule has 4 aromatic rings. The van der Waals surface area contributed by atoms with E-state index in [1.807, 2.05) is 66.7 Å². The van der Waals surface area contributed by atoms with Crippen molar-refractivity contribution in [3.05, 3.63) is 90.0 Å². The van der Waals surface area contributed by atoms with Crippen LogP contribution in [0.5, 0.6) is 0 Å². The number of benzene rings is 3. The van der Waals surface area contributed by atoms with Gasteiger partial charge in [-0.3, -0.25) is 9.89 Å². The maximum atomic E-state index is 11.3. The van der Waals surface area contributed by atoms with Crippen LogP contribution in [0.25, 0.3) is 38.5 Å². The van der Waals surface area contributed by atoms with Gasteiger partial charge in [0.2, 0.25) is 5.82 Å². The first-order valence-corrected chi connectivity index (χ1v) is 8.55. The van der Waals surface area contributed by atoms with Crippen LogP contribution >= 0.6 is 0 Å². The number of nitrogens with two attached hydrogens (primary N) is 1. The van der Waals surface area contributed by atoms with Crippen LogP contribution in [0.2, 0.25) is 0 Å². The molecule has 134 valence electrons. The number of hydrogen-bond donors (Lipinski definition) is 2. The highest BCUT2D eigenvalue weighted by molar-refractivity contribution is 5.89. The van der Waals surface area contributed by atoms with Gasteiger partial charge in [-0.2, -0.15) is 5.10 Å². The van der Waals surface area contributed by atoms with E-state index in [4.69, 9.17) is 12.3 Å². The summed E-state index contributed by atoms with van der Waals surface area (Å²) < 4.78 is 0. The van der Waals surface area contributed by atoms with Gasteiger partial charge in [0.05, 0.1) is 6.57 Å². The van der Waals surface area contributed by atoms with Crippen LogP contribution in [-0.4, -0.2) is 21.1 Å². The third kappa shape index (κ3) is 3.24. The summed E-state index contributed by atoms with van der Waals surface area (Å²) in [7, 11) is 0. The summed E-state index contributed by atoms with van der Waals surface area (Å²) in [6.45, 7) is 7.25. The van der Waals surface area contributed by atoms with Gasteiger partial charge in [-0.15, -0.1) is 0 Å². The van der Waals surface area contributed by atoms with E-state index in [0.717, 1.165) is 27.8 Å². The van der Waals surface area contributed by atoms with E-state index in [1.165, 1.54) is 0 Å². The van der Waals surface area contributed by atoms with E-state index >= 15 is 0 Å². The minimum atomic E-state index is -0.653. The highest BCUT2D eigenvalue weighted by atomic mass is 16.1. The van der Waals surface area contributed by atoms with Gasteiger partial charge < -0.3 is 5.73 Å². The monoisotopic (exact) mass is 365 g/mol. The topological polar surface area (TPSA) is 89.0 Å². The molecule has 0 bridgehead atoms. The summed E-state index contributed by atoms with van der Waals surface area (Å²) in [5, 5.41) is 6.62. The van der Waals surface area contributed by atoms with Crippen molar-refractivity contribution in [1.29, 1.82) is 0 Å². The molecule has 0 unspecified atom stereocenters. The molecule has 28 heavy (non-hydrogen) atoms. The highest BCUT2D eigenvalue weighted by Gasteiger charge is 2.12. The van der Waals surface area contributed by atoms with Crippen LogP contribution in [-0.2, 0) is 0 Å². The second-order valence-electron chi connectivity index (χ2n) is 6.16. The van der Waals surface area contributed by atoms with E-state index in [9.17, 15) is 4.79 Å². The minimum absolute atomic E-state index is 0.0248. The van der Waals surface area contributed by atoms with Gasteiger partial charge in [-0.25, -0.2) is 9.83 Å². The quantitative estimate of drug-likeness (QED) is 0.523. The van der Waals surface area contributed by atoms with Gasteiger partial charge in [0.25, 0.3) is 5.91 Å². The molecule has 0 radical (unpaired) electrons. The zero-order valence-electron chi connectivity index (χ0n) is 14.8. The summed E-state index contributed by atoms with van der Waals surface area (Å²) in [4.78, 5) is 18.9. The van der Waals surface area contributed by atoms with E-state index in [0.29, 0.717) is 11.5 Å². The Kier molecular flexibility index (Phi) is 4.40. The molecule has 0 aliphatic rings. The molecule has 1 heterocycles. The minimum Gasteiger partial charge on any atom is -0.363 e. The van der Waals surface area contributed by atoms with Crippen molar-refractivity contribution in [3.63, 3.8) is 0 Å². The van der Waals surface area contributed by atoms with Crippen LogP contribution in [0, 0.1) is 6.57 Å². The van der Waals surface area contributed by atoms with E-state index in [-0.39, 0.29) is 5.82 Å². The van der Waals surface area contributed by atoms with Crippen molar-refractivity contribution in [3.8, 4) is 33.6 Å². The van der Waals surface area contributed by atoms with Crippen molar-refractivity contribution in [2.24, 2.45) is 5.73 Å². The highest BCUT2D eigenvalue weighted by Crippen LogP contribution is 2.34. The molecular weight excluding hydrogens is 350 g/mol. The van der Waals surface area contributed by atoms with E-state index in [2.05, 4.69) is 20.0 Å². The van der Waals surface area contributed by atoms with Gasteiger partial charge in [-0.1, -0.05) is 60.7 Å². The Morgan fingerprint density at radius 3 is 2.18 bits per heavy atom. The lowest BCUT2D eigenvalue weighted by Gasteiger charge is -2.11. The number of aromatic amines is 1. The molecule has 0 aliphatic heterocycles. The molecule has 0 aliphatic carbocycles. The third-order valence-corrected chi connectivity index (χ3v) is 4.36. The molecule has 0 fully saturated rings. The van der Waals surface area contributed by atoms with Crippen molar-refractivity contribution >= 4 is 11.6 Å². The fourth-order valence-electron chi connectivity index (χ4n) is 3.06. The van der Waals surface area contributed by atoms with Gasteiger partial charge >= 0.3 is 0 Å². The Labute approximate surface area is 161 Å². The summed E-state index contributed by atoms with van der Waals surface area (Å²) in [6, 6.07) is 23.3. The normalized spacial score (nSPS) is 10.4. The third-order valence-electron chi connectivity index (χ3n) is 4.36. The number of primary amides is 1. The number of hydrogen-bond acceptors (Lipinski definition) is 3. The largest absolute Gasteiger partial charge is 0.363 e. The number of carbonyl (C=O) groups excluding carboxylic acids is 1. The summed E-state index contributed by atoms with van der Waals surface area (Å²) >= 11 is 0. The Morgan fingerprint density at radius 1 is 0.893 bits per heavy atom. The molecule has 3 N–H and O–H groups in total. The average molecular weight is 365 g/mol. The van der Waals surface area contributed by atoms with Gasteiger partial charge in [0.1, 0.15) is 0 Å². The number of nitrogens with zero attached hydrogens (tertiary/aromatic N) is 3. The first-order valence-electron chi connectivity index (χ1n) is 8.55. The van der Waals surface area contributed by atoms with Crippen LogP contribution in [0.15, 0.2) is 72.8 Å². The fraction of sp³-hybridized carbons (Fsp3) is 0. The Hall–Kier alpha value is -4.24. The number of amides is 1. The van der Waals surface area contributed by atoms with Gasteiger partial charge in [0, 0.05) is 5.56 Å². The number of aromatic nitrogens is 3. The summed E-state index contributed by atoms with van der Waals surface area (Å²) in [6.07, 6.45) is 0. The summed E-state index contributed by atoms with van der Waals surface area (Å²) in [5.41, 5.74) is 10.6. The second kappa shape index (κ2) is 7.17. The molecule has 4 rings (SSSR count). The molecule has 1 aromatic heterocycles. The molecule has 6 nitrogen and oxygen atoms in total. The second-order valence-corrected chi connectivity index (χ2v) is 6.16. The standard InChI is InChI=1S/C22H15N5O/c1-24-17-9-5-7-15(13-17)19-11-3-2-10-18(19)14-6-4-8-16(12-14)21-25-22(20(23)28)27-26-21/h2-13H,(H2,23,28)(H,25,26,27). The zero-order valence-corrected chi connectivity index (χ0v) is 14.8. The first kappa shape index (κ1) is 17.2. The smallest absolute Gasteiger partial charge is 0.286 e. The number of H-pyrrole nitrogens is 1. The SMILES string of the molecule is [C-]#[N+]c1cccc(-c2ccccc2-c2cccc(-c3n[nH]c(C(N)=O)n3)c2)c1. The predicted octanol–water partition coefficient (Wildman–Crippen LogP) is 4.46. The van der Waals surface area contributed by atoms with Crippen molar-refractivity contribution in [2.75, 3.05) is 0 Å². The number of carbonyl (C=O) groups is 1. The lowest BCUT2D eigenvalue weighted by Crippen LogP contribution is -2.12. The molecule has 0 saturated carbocycles. The fourth-order valence-corrected chi connectivity index (χ4v) is 3.06. The zero-order chi connectivity index (χ0) is 19.5. The van der Waals surface area contributed by atoms with Gasteiger partial charge in [0.15, 0.2) is 11.5 Å². The van der Waals surface area contributed by atoms with Crippen LogP contribution < -0.4 is 5.73 Å². The maximum Gasteiger partial charge on any atom is 0.286 e. The van der Waals surface area contributed by atoms with E-state index < -0.39 is 5.91 Å². The number of nitrogens with one attached hydrogen (secondary N) is 1. The molecular formula is C22H15N5O. The first-order chi connectivity index (χ1) is 13.7. The average Bonchev–Trinajstić information content (AvgIpc) is 3.25. The van der Waals surface area contributed by atoms with Crippen molar-refractivity contribution in [2.45, 2.75) is 0 Å². The Balaban J connectivity index is 1.80. The number of rotatable bonds is 4. The van der Waals surface area contributed by atoms with E-state index in [1.54, 1.807) is 6.07 Å². The Bertz CT molecular complexity index is 1220. The summed E-state index contributed by atoms with van der Waals surface area (Å²) in [5.74, 6) is -0.222. The lowest BCUT2D eigenvalue weighted by molar-refractivity contribution is 0.0991. The maximum absolute atomic E-state index is 11.3. The van der Waals surface area contributed by atoms with Crippen molar-refractivity contribution in [1.82, 2.24) is 15.2 Å². The predicted molar refractivity (Wildman–Crippen MR) is 107 cm³/mol. The van der Waals surface area contributed by atoms with Crippen LogP contribution in [0.3, 0.4) is 0 Å². The van der Waals surface area contributed by atoms with Gasteiger partial charge in [-0.05, 0) is 34.4 Å². The lowest BCUT2D eigenvalue weighted by atomic mass is 9.93. The molecule has 0 spiro atoms. The molecule has 1 amide bonds. The Morgan fingerprint density at radius 2 is 1.54 bits per heavy atom. The van der Waals surface area contributed by atoms with Crippen LogP contribution in [0.4, 0.5) is 5.69 Å². The molecule has 0 saturated heterocycles.